The number of aromatic amines is 1. The predicted molar refractivity (Wildman–Crippen MR) is 72.2 cm³/mol. The summed E-state index contributed by atoms with van der Waals surface area (Å²) in [4.78, 5) is 17.4. The summed E-state index contributed by atoms with van der Waals surface area (Å²) in [5.41, 5.74) is 0.891. The van der Waals surface area contributed by atoms with Gasteiger partial charge >= 0.3 is 0 Å². The molecule has 6 nitrogen and oxygen atoms in total. The minimum atomic E-state index is -0.175. The summed E-state index contributed by atoms with van der Waals surface area (Å²) in [6.07, 6.45) is 3.98. The van der Waals surface area contributed by atoms with Crippen molar-refractivity contribution in [3.8, 4) is 6.07 Å². The highest BCUT2D eigenvalue weighted by molar-refractivity contribution is 5.93. The third-order valence-electron chi connectivity index (χ3n) is 4.03. The van der Waals surface area contributed by atoms with E-state index in [1.165, 1.54) is 19.0 Å². The Morgan fingerprint density at radius 3 is 2.95 bits per heavy atom. The van der Waals surface area contributed by atoms with Gasteiger partial charge in [0.05, 0.1) is 30.9 Å². The van der Waals surface area contributed by atoms with E-state index in [4.69, 9.17) is 10.00 Å². The average Bonchev–Trinajstić information content (AvgIpc) is 3.19. The number of rotatable bonds is 3. The van der Waals surface area contributed by atoms with Crippen LogP contribution < -0.4 is 5.32 Å². The van der Waals surface area contributed by atoms with E-state index in [1.54, 1.807) is 6.07 Å². The number of hydrogen-bond acceptors (Lipinski definition) is 4. The Morgan fingerprint density at radius 2 is 2.25 bits per heavy atom. The number of nitrogens with one attached hydrogen (secondary N) is 2. The smallest absolute Gasteiger partial charge is 0.268 e. The Labute approximate surface area is 117 Å². The van der Waals surface area contributed by atoms with Gasteiger partial charge in [0.15, 0.2) is 0 Å². The molecular formula is C14H18N4O2. The molecule has 1 amide bonds. The molecule has 2 saturated heterocycles. The monoisotopic (exact) mass is 274 g/mol. The molecule has 1 aromatic heterocycles. The lowest BCUT2D eigenvalue weighted by molar-refractivity contribution is 0.0912. The fourth-order valence-corrected chi connectivity index (χ4v) is 2.95. The van der Waals surface area contributed by atoms with Crippen molar-refractivity contribution in [1.29, 1.82) is 5.26 Å². The summed E-state index contributed by atoms with van der Waals surface area (Å²) in [5, 5.41) is 11.8. The lowest BCUT2D eigenvalue weighted by atomic mass is 10.1. The second-order valence-corrected chi connectivity index (χ2v) is 5.34. The molecule has 0 unspecified atom stereocenters. The third-order valence-corrected chi connectivity index (χ3v) is 4.03. The van der Waals surface area contributed by atoms with Crippen LogP contribution in [0.15, 0.2) is 12.3 Å². The van der Waals surface area contributed by atoms with Gasteiger partial charge in [0.25, 0.3) is 5.91 Å². The second-order valence-electron chi connectivity index (χ2n) is 5.34. The van der Waals surface area contributed by atoms with Gasteiger partial charge < -0.3 is 15.0 Å². The van der Waals surface area contributed by atoms with Crippen LogP contribution in [0.3, 0.4) is 0 Å². The molecule has 0 radical (unpaired) electrons. The van der Waals surface area contributed by atoms with Crippen molar-refractivity contribution >= 4 is 5.91 Å². The molecule has 2 fully saturated rings. The topological polar surface area (TPSA) is 81.1 Å². The summed E-state index contributed by atoms with van der Waals surface area (Å²) in [7, 11) is 0. The fourth-order valence-electron chi connectivity index (χ4n) is 2.95. The Hall–Kier alpha value is -1.84. The van der Waals surface area contributed by atoms with Crippen LogP contribution in [0.2, 0.25) is 0 Å². The Morgan fingerprint density at radius 1 is 1.45 bits per heavy atom. The third kappa shape index (κ3) is 2.55. The molecule has 20 heavy (non-hydrogen) atoms. The van der Waals surface area contributed by atoms with Crippen LogP contribution in [-0.4, -0.2) is 54.2 Å². The van der Waals surface area contributed by atoms with Crippen molar-refractivity contribution in [1.82, 2.24) is 15.2 Å². The Balaban J connectivity index is 1.64. The molecule has 1 aromatic rings. The largest absolute Gasteiger partial charge is 0.378 e. The summed E-state index contributed by atoms with van der Waals surface area (Å²) in [5.74, 6) is -0.175. The van der Waals surface area contributed by atoms with E-state index in [-0.39, 0.29) is 18.0 Å². The van der Waals surface area contributed by atoms with E-state index in [0.717, 1.165) is 13.1 Å². The van der Waals surface area contributed by atoms with Crippen LogP contribution in [0.1, 0.15) is 28.9 Å². The highest BCUT2D eigenvalue weighted by Gasteiger charge is 2.35. The molecule has 0 saturated carbocycles. The predicted octanol–water partition coefficient (Wildman–Crippen LogP) is 0.479. The van der Waals surface area contributed by atoms with Crippen LogP contribution >= 0.6 is 0 Å². The van der Waals surface area contributed by atoms with Crippen molar-refractivity contribution in [3.05, 3.63) is 23.5 Å². The number of nitrogens with zero attached hydrogens (tertiary/aromatic N) is 2. The normalized spacial score (nSPS) is 26.6. The molecule has 3 heterocycles. The molecule has 6 heteroatoms. The number of carbonyl (C=O) groups is 1. The second kappa shape index (κ2) is 5.65. The molecule has 0 spiro atoms. The zero-order valence-corrected chi connectivity index (χ0v) is 11.3. The zero-order chi connectivity index (χ0) is 13.9. The van der Waals surface area contributed by atoms with Crippen LogP contribution in [0.4, 0.5) is 0 Å². The molecule has 106 valence electrons. The molecule has 0 bridgehead atoms. The van der Waals surface area contributed by atoms with Gasteiger partial charge in [-0.1, -0.05) is 0 Å². The van der Waals surface area contributed by atoms with Gasteiger partial charge in [-0.15, -0.1) is 0 Å². The van der Waals surface area contributed by atoms with Gasteiger partial charge in [0.1, 0.15) is 11.8 Å². The molecular weight excluding hydrogens is 256 g/mol. The molecule has 2 aliphatic rings. The first-order valence-electron chi connectivity index (χ1n) is 6.99. The quantitative estimate of drug-likeness (QED) is 0.840. The fraction of sp³-hybridized carbons (Fsp3) is 0.571. The number of nitriles is 1. The summed E-state index contributed by atoms with van der Waals surface area (Å²) >= 11 is 0. The van der Waals surface area contributed by atoms with Crippen LogP contribution in [0, 0.1) is 11.3 Å². The molecule has 3 rings (SSSR count). The average molecular weight is 274 g/mol. The number of hydrogen-bond donors (Lipinski definition) is 2. The number of carbonyl (C=O) groups excluding carboxylic acids is 1. The number of ether oxygens (including phenoxy) is 1. The maximum atomic E-state index is 12.2. The van der Waals surface area contributed by atoms with Crippen LogP contribution in [-0.2, 0) is 4.74 Å². The van der Waals surface area contributed by atoms with Crippen molar-refractivity contribution in [2.45, 2.75) is 24.9 Å². The van der Waals surface area contributed by atoms with Gasteiger partial charge in [-0.3, -0.25) is 9.69 Å². The molecule has 2 atom stereocenters. The highest BCUT2D eigenvalue weighted by Crippen LogP contribution is 2.19. The standard InChI is InChI=1S/C14H18N4O2/c15-6-10-5-11(16-7-10)14(19)17-12-8-20-9-13(12)18-3-1-2-4-18/h5,7,12-13,16H,1-4,8-9H2,(H,17,19)/t12-,13-/m0/s1. The molecule has 2 N–H and O–H groups in total. The minimum Gasteiger partial charge on any atom is -0.378 e. The van der Waals surface area contributed by atoms with Crippen LogP contribution in [0.5, 0.6) is 0 Å². The number of likely N-dealkylation sites (tertiary alicyclic amines) is 1. The van der Waals surface area contributed by atoms with Gasteiger partial charge in [0, 0.05) is 6.20 Å². The minimum absolute atomic E-state index is 0.0226. The number of aromatic nitrogens is 1. The lowest BCUT2D eigenvalue weighted by Crippen LogP contribution is -2.50. The first-order valence-corrected chi connectivity index (χ1v) is 6.99. The van der Waals surface area contributed by atoms with Gasteiger partial charge in [0.2, 0.25) is 0 Å². The van der Waals surface area contributed by atoms with E-state index >= 15 is 0 Å². The molecule has 2 aliphatic heterocycles. The highest BCUT2D eigenvalue weighted by atomic mass is 16.5. The summed E-state index contributed by atoms with van der Waals surface area (Å²) in [6.45, 7) is 3.40. The Kier molecular flexibility index (Phi) is 3.72. The lowest BCUT2D eigenvalue weighted by Gasteiger charge is -2.27. The van der Waals surface area contributed by atoms with E-state index in [0.29, 0.717) is 24.5 Å². The van der Waals surface area contributed by atoms with Crippen molar-refractivity contribution < 1.29 is 9.53 Å². The van der Waals surface area contributed by atoms with E-state index in [2.05, 4.69) is 15.2 Å². The molecule has 0 aliphatic carbocycles. The SMILES string of the molecule is N#Cc1c[nH]c(C(=O)N[C@H]2COC[C@@H]2N2CCCC2)c1. The summed E-state index contributed by atoms with van der Waals surface area (Å²) < 4.78 is 5.53. The number of amides is 1. The van der Waals surface area contributed by atoms with E-state index in [9.17, 15) is 4.79 Å². The summed E-state index contributed by atoms with van der Waals surface area (Å²) in [6, 6.07) is 3.86. The van der Waals surface area contributed by atoms with Crippen molar-refractivity contribution in [2.75, 3.05) is 26.3 Å². The maximum Gasteiger partial charge on any atom is 0.268 e. The maximum absolute atomic E-state index is 12.2. The van der Waals surface area contributed by atoms with Crippen molar-refractivity contribution in [2.24, 2.45) is 0 Å². The van der Waals surface area contributed by atoms with E-state index in [1.807, 2.05) is 6.07 Å². The van der Waals surface area contributed by atoms with Crippen LogP contribution in [0.25, 0.3) is 0 Å². The van der Waals surface area contributed by atoms with Gasteiger partial charge in [-0.05, 0) is 32.0 Å². The first kappa shape index (κ1) is 13.2. The van der Waals surface area contributed by atoms with E-state index < -0.39 is 0 Å². The van der Waals surface area contributed by atoms with Gasteiger partial charge in [-0.2, -0.15) is 5.26 Å². The van der Waals surface area contributed by atoms with Crippen molar-refractivity contribution in [3.63, 3.8) is 0 Å². The Bertz CT molecular complexity index is 528. The number of H-pyrrole nitrogens is 1. The molecule has 0 aromatic carbocycles. The van der Waals surface area contributed by atoms with Gasteiger partial charge in [-0.25, -0.2) is 0 Å². The zero-order valence-electron chi connectivity index (χ0n) is 11.3. The first-order chi connectivity index (χ1) is 9.78.